The third-order valence-corrected chi connectivity index (χ3v) is 2.85. The Labute approximate surface area is 104 Å². The Bertz CT molecular complexity index is 355. The highest BCUT2D eigenvalue weighted by Gasteiger charge is 2.06. The summed E-state index contributed by atoms with van der Waals surface area (Å²) in [6.07, 6.45) is 0.398. The second kappa shape index (κ2) is 6.66. The van der Waals surface area contributed by atoms with Crippen molar-refractivity contribution in [2.24, 2.45) is 0 Å². The first-order valence-corrected chi connectivity index (χ1v) is 5.98. The van der Waals surface area contributed by atoms with Gasteiger partial charge in [0.05, 0.1) is 13.5 Å². The monoisotopic (exact) mass is 285 g/mol. The first-order valence-electron chi connectivity index (χ1n) is 5.19. The zero-order chi connectivity index (χ0) is 12.0. The number of ether oxygens (including phenoxy) is 1. The van der Waals surface area contributed by atoms with Gasteiger partial charge in [0.15, 0.2) is 0 Å². The summed E-state index contributed by atoms with van der Waals surface area (Å²) >= 11 is 3.43. The van der Waals surface area contributed by atoms with E-state index in [4.69, 9.17) is 0 Å². The second-order valence-electron chi connectivity index (χ2n) is 3.56. The van der Waals surface area contributed by atoms with E-state index in [1.165, 1.54) is 12.7 Å². The topological polar surface area (TPSA) is 38.3 Å². The lowest BCUT2D eigenvalue weighted by Crippen LogP contribution is -2.22. The van der Waals surface area contributed by atoms with Gasteiger partial charge in [-0.3, -0.25) is 4.79 Å². The minimum atomic E-state index is -0.186. The molecule has 0 aromatic heterocycles. The molecule has 0 aliphatic carbocycles. The maximum absolute atomic E-state index is 10.9. The van der Waals surface area contributed by atoms with Crippen molar-refractivity contribution >= 4 is 21.9 Å². The summed E-state index contributed by atoms with van der Waals surface area (Å²) in [5.41, 5.74) is 1.19. The van der Waals surface area contributed by atoms with Crippen LogP contribution in [0.4, 0.5) is 0 Å². The average Bonchev–Trinajstić information content (AvgIpc) is 2.28. The average molecular weight is 286 g/mol. The van der Waals surface area contributed by atoms with Crippen molar-refractivity contribution < 1.29 is 9.53 Å². The van der Waals surface area contributed by atoms with Crippen molar-refractivity contribution in [3.63, 3.8) is 0 Å². The molecular formula is C12H16BrNO2. The number of carbonyl (C=O) groups is 1. The molecule has 88 valence electrons. The zero-order valence-electron chi connectivity index (χ0n) is 9.50. The molecule has 0 saturated carbocycles. The van der Waals surface area contributed by atoms with E-state index in [1.54, 1.807) is 0 Å². The Morgan fingerprint density at radius 2 is 2.31 bits per heavy atom. The van der Waals surface area contributed by atoms with Crippen molar-refractivity contribution in [2.45, 2.75) is 19.4 Å². The molecule has 4 heteroatoms. The van der Waals surface area contributed by atoms with E-state index < -0.39 is 0 Å². The molecule has 0 fully saturated rings. The molecule has 0 saturated heterocycles. The predicted octanol–water partition coefficient (Wildman–Crippen LogP) is 2.66. The summed E-state index contributed by atoms with van der Waals surface area (Å²) in [6, 6.07) is 8.33. The molecule has 0 radical (unpaired) electrons. The van der Waals surface area contributed by atoms with Gasteiger partial charge in [-0.2, -0.15) is 0 Å². The maximum atomic E-state index is 10.9. The van der Waals surface area contributed by atoms with E-state index in [1.807, 2.05) is 12.1 Å². The van der Waals surface area contributed by atoms with Crippen LogP contribution in [0.15, 0.2) is 28.7 Å². The molecule has 0 aliphatic rings. The van der Waals surface area contributed by atoms with Crippen molar-refractivity contribution in [3.8, 4) is 0 Å². The van der Waals surface area contributed by atoms with Crippen LogP contribution in [-0.2, 0) is 9.53 Å². The van der Waals surface area contributed by atoms with Gasteiger partial charge in [0.25, 0.3) is 0 Å². The predicted molar refractivity (Wildman–Crippen MR) is 67.2 cm³/mol. The van der Waals surface area contributed by atoms with Crippen LogP contribution in [0, 0.1) is 0 Å². The molecule has 0 amide bonds. The van der Waals surface area contributed by atoms with E-state index in [9.17, 15) is 4.79 Å². The summed E-state index contributed by atoms with van der Waals surface area (Å²) in [4.78, 5) is 10.9. The van der Waals surface area contributed by atoms with Crippen molar-refractivity contribution in [1.82, 2.24) is 5.32 Å². The molecule has 0 bridgehead atoms. The Morgan fingerprint density at radius 3 is 2.94 bits per heavy atom. The molecule has 0 spiro atoms. The summed E-state index contributed by atoms with van der Waals surface area (Å²) in [7, 11) is 1.40. The molecule has 1 aromatic rings. The normalized spacial score (nSPS) is 12.2. The van der Waals surface area contributed by atoms with Crippen LogP contribution >= 0.6 is 15.9 Å². The van der Waals surface area contributed by atoms with Gasteiger partial charge in [0, 0.05) is 17.1 Å². The summed E-state index contributed by atoms with van der Waals surface area (Å²) in [5, 5.41) is 3.27. The quantitative estimate of drug-likeness (QED) is 0.846. The number of hydrogen-bond acceptors (Lipinski definition) is 3. The lowest BCUT2D eigenvalue weighted by molar-refractivity contribution is -0.140. The van der Waals surface area contributed by atoms with Crippen LogP contribution < -0.4 is 5.32 Å². The minimum absolute atomic E-state index is 0.186. The van der Waals surface area contributed by atoms with Crippen LogP contribution in [0.3, 0.4) is 0 Å². The highest BCUT2D eigenvalue weighted by atomic mass is 79.9. The first kappa shape index (κ1) is 13.2. The standard InChI is InChI=1S/C12H16BrNO2/c1-9(14-7-6-12(15)16-2)10-4-3-5-11(13)8-10/h3-5,8-9,14H,6-7H2,1-2H3/t9-/m1/s1. The van der Waals surface area contributed by atoms with Crippen molar-refractivity contribution in [3.05, 3.63) is 34.3 Å². The fraction of sp³-hybridized carbons (Fsp3) is 0.417. The largest absolute Gasteiger partial charge is 0.469 e. The van der Waals surface area contributed by atoms with Crippen LogP contribution in [0.2, 0.25) is 0 Å². The van der Waals surface area contributed by atoms with Gasteiger partial charge in [-0.1, -0.05) is 28.1 Å². The van der Waals surface area contributed by atoms with Gasteiger partial charge in [0.1, 0.15) is 0 Å². The number of nitrogens with one attached hydrogen (secondary N) is 1. The van der Waals surface area contributed by atoms with Crippen molar-refractivity contribution in [1.29, 1.82) is 0 Å². The Hall–Kier alpha value is -0.870. The molecule has 3 nitrogen and oxygen atoms in total. The molecule has 0 aliphatic heterocycles. The molecule has 1 N–H and O–H groups in total. The van der Waals surface area contributed by atoms with Crippen LogP contribution in [0.5, 0.6) is 0 Å². The van der Waals surface area contributed by atoms with E-state index in [0.717, 1.165) is 4.47 Å². The minimum Gasteiger partial charge on any atom is -0.469 e. The number of carbonyl (C=O) groups excluding carboxylic acids is 1. The lowest BCUT2D eigenvalue weighted by Gasteiger charge is -2.13. The van der Waals surface area contributed by atoms with E-state index in [-0.39, 0.29) is 12.0 Å². The SMILES string of the molecule is COC(=O)CCN[C@H](C)c1cccc(Br)c1. The molecule has 0 unspecified atom stereocenters. The maximum Gasteiger partial charge on any atom is 0.306 e. The summed E-state index contributed by atoms with van der Waals surface area (Å²) in [6.45, 7) is 2.69. The van der Waals surface area contributed by atoms with Crippen LogP contribution in [0.1, 0.15) is 24.9 Å². The van der Waals surface area contributed by atoms with Crippen molar-refractivity contribution in [2.75, 3.05) is 13.7 Å². The van der Waals surface area contributed by atoms with Crippen LogP contribution in [0.25, 0.3) is 0 Å². The number of methoxy groups -OCH3 is 1. The van der Waals surface area contributed by atoms with E-state index in [2.05, 4.69) is 45.0 Å². The van der Waals surface area contributed by atoms with Gasteiger partial charge in [0.2, 0.25) is 0 Å². The number of halogens is 1. The van der Waals surface area contributed by atoms with E-state index in [0.29, 0.717) is 13.0 Å². The number of hydrogen-bond donors (Lipinski definition) is 1. The first-order chi connectivity index (χ1) is 7.63. The molecule has 0 heterocycles. The fourth-order valence-corrected chi connectivity index (χ4v) is 1.80. The van der Waals surface area contributed by atoms with Gasteiger partial charge in [-0.25, -0.2) is 0 Å². The summed E-state index contributed by atoms with van der Waals surface area (Å²) in [5.74, 6) is -0.186. The van der Waals surface area contributed by atoms with Gasteiger partial charge in [-0.05, 0) is 24.6 Å². The lowest BCUT2D eigenvalue weighted by atomic mass is 10.1. The van der Waals surface area contributed by atoms with Gasteiger partial charge >= 0.3 is 5.97 Å². The zero-order valence-corrected chi connectivity index (χ0v) is 11.1. The molecule has 16 heavy (non-hydrogen) atoms. The molecular weight excluding hydrogens is 270 g/mol. The smallest absolute Gasteiger partial charge is 0.306 e. The number of benzene rings is 1. The van der Waals surface area contributed by atoms with Crippen LogP contribution in [-0.4, -0.2) is 19.6 Å². The Morgan fingerprint density at radius 1 is 1.56 bits per heavy atom. The molecule has 1 aromatic carbocycles. The Kier molecular flexibility index (Phi) is 5.49. The Balaban J connectivity index is 2.40. The van der Waals surface area contributed by atoms with Gasteiger partial charge < -0.3 is 10.1 Å². The third-order valence-electron chi connectivity index (χ3n) is 2.36. The van der Waals surface area contributed by atoms with Gasteiger partial charge in [-0.15, -0.1) is 0 Å². The third kappa shape index (κ3) is 4.33. The molecule has 1 rings (SSSR count). The van der Waals surface area contributed by atoms with E-state index >= 15 is 0 Å². The molecule has 1 atom stereocenters. The number of rotatable bonds is 5. The number of esters is 1. The fourth-order valence-electron chi connectivity index (χ4n) is 1.39. The highest BCUT2D eigenvalue weighted by molar-refractivity contribution is 9.10. The second-order valence-corrected chi connectivity index (χ2v) is 4.47. The highest BCUT2D eigenvalue weighted by Crippen LogP contribution is 2.17. The summed E-state index contributed by atoms with van der Waals surface area (Å²) < 4.78 is 5.63.